The summed E-state index contributed by atoms with van der Waals surface area (Å²) in [5.74, 6) is -0.839. The molecule has 1 aliphatic rings. The minimum Gasteiger partial charge on any atom is -0.481 e. The van der Waals surface area contributed by atoms with Crippen LogP contribution in [0, 0.1) is 5.92 Å². The second-order valence-electron chi connectivity index (χ2n) is 4.14. The first-order valence-electron chi connectivity index (χ1n) is 5.33. The number of carboxylic acids is 1. The van der Waals surface area contributed by atoms with Gasteiger partial charge in [-0.1, -0.05) is 0 Å². The third-order valence-electron chi connectivity index (χ3n) is 2.86. The summed E-state index contributed by atoms with van der Waals surface area (Å²) in [5, 5.41) is 11.1. The fourth-order valence-corrected chi connectivity index (χ4v) is 3.55. The van der Waals surface area contributed by atoms with Crippen molar-refractivity contribution in [3.63, 3.8) is 0 Å². The number of likely N-dealkylation sites (tertiary alicyclic amines) is 1. The molecule has 0 spiro atoms. The third kappa shape index (κ3) is 3.06. The maximum absolute atomic E-state index is 10.9. The van der Waals surface area contributed by atoms with Crippen molar-refractivity contribution in [3.05, 3.63) is 20.8 Å². The Balaban J connectivity index is 1.92. The normalized spacial score (nSPS) is 22.2. The van der Waals surface area contributed by atoms with E-state index in [1.165, 1.54) is 4.88 Å². The van der Waals surface area contributed by atoms with Gasteiger partial charge in [0, 0.05) is 27.8 Å². The van der Waals surface area contributed by atoms with E-state index in [1.807, 2.05) is 0 Å². The van der Waals surface area contributed by atoms with Gasteiger partial charge in [0.2, 0.25) is 0 Å². The summed E-state index contributed by atoms with van der Waals surface area (Å²) >= 11 is 5.15. The molecule has 3 nitrogen and oxygen atoms in total. The summed E-state index contributed by atoms with van der Waals surface area (Å²) in [6.45, 7) is 2.57. The quantitative estimate of drug-likeness (QED) is 0.933. The summed E-state index contributed by atoms with van der Waals surface area (Å²) in [4.78, 5) is 14.5. The molecule has 5 heteroatoms. The zero-order valence-corrected chi connectivity index (χ0v) is 11.3. The van der Waals surface area contributed by atoms with E-state index in [9.17, 15) is 4.79 Å². The highest BCUT2D eigenvalue weighted by Crippen LogP contribution is 2.24. The monoisotopic (exact) mass is 303 g/mol. The van der Waals surface area contributed by atoms with Crippen molar-refractivity contribution in [3.8, 4) is 0 Å². The smallest absolute Gasteiger partial charge is 0.307 e. The predicted octanol–water partition coefficient (Wildman–Crippen LogP) is 2.81. The van der Waals surface area contributed by atoms with Crippen LogP contribution in [0.2, 0.25) is 0 Å². The van der Waals surface area contributed by atoms with Gasteiger partial charge in [-0.25, -0.2) is 0 Å². The minimum absolute atomic E-state index is 0.183. The van der Waals surface area contributed by atoms with Gasteiger partial charge in [0.1, 0.15) is 0 Å². The van der Waals surface area contributed by atoms with Crippen LogP contribution >= 0.6 is 27.3 Å². The number of rotatable bonds is 3. The number of piperidine rings is 1. The van der Waals surface area contributed by atoms with Gasteiger partial charge in [-0.15, -0.1) is 11.3 Å². The highest BCUT2D eigenvalue weighted by molar-refractivity contribution is 9.10. The summed E-state index contributed by atoms with van der Waals surface area (Å²) in [6.07, 6.45) is 1.81. The van der Waals surface area contributed by atoms with Gasteiger partial charge >= 0.3 is 5.97 Å². The van der Waals surface area contributed by atoms with Gasteiger partial charge in [0.25, 0.3) is 0 Å². The predicted molar refractivity (Wildman–Crippen MR) is 67.7 cm³/mol. The number of carbonyl (C=O) groups is 1. The first-order valence-corrected chi connectivity index (χ1v) is 7.00. The maximum Gasteiger partial charge on any atom is 0.307 e. The zero-order chi connectivity index (χ0) is 11.5. The Labute approximate surface area is 107 Å². The number of hydrogen-bond donors (Lipinski definition) is 1. The molecular weight excluding hydrogens is 290 g/mol. The van der Waals surface area contributed by atoms with E-state index < -0.39 is 5.97 Å². The highest BCUT2D eigenvalue weighted by atomic mass is 79.9. The molecule has 0 unspecified atom stereocenters. The fraction of sp³-hybridized carbons (Fsp3) is 0.545. The topological polar surface area (TPSA) is 40.5 Å². The van der Waals surface area contributed by atoms with E-state index in [4.69, 9.17) is 5.11 Å². The Morgan fingerprint density at radius 3 is 3.12 bits per heavy atom. The van der Waals surface area contributed by atoms with Gasteiger partial charge in [0.15, 0.2) is 0 Å². The molecule has 0 amide bonds. The summed E-state index contributed by atoms with van der Waals surface area (Å²) in [5.41, 5.74) is 0. The standard InChI is InChI=1S/C11H14BrNO2S/c12-9-4-10(16-7-9)6-13-3-1-2-8(5-13)11(14)15/h4,7-8H,1-3,5-6H2,(H,14,15)/t8-/m1/s1. The SMILES string of the molecule is O=C(O)[C@@H]1CCCN(Cc2cc(Br)cs2)C1. The Morgan fingerprint density at radius 1 is 1.69 bits per heavy atom. The van der Waals surface area contributed by atoms with Crippen molar-refractivity contribution in [1.82, 2.24) is 4.90 Å². The van der Waals surface area contributed by atoms with Gasteiger partial charge < -0.3 is 5.11 Å². The zero-order valence-electron chi connectivity index (χ0n) is 8.86. The second-order valence-corrected chi connectivity index (χ2v) is 6.06. The lowest BCUT2D eigenvalue weighted by molar-refractivity contribution is -0.143. The number of thiophene rings is 1. The van der Waals surface area contributed by atoms with Crippen LogP contribution in [0.3, 0.4) is 0 Å². The molecule has 0 saturated carbocycles. The van der Waals surface area contributed by atoms with Crippen molar-refractivity contribution in [2.24, 2.45) is 5.92 Å². The van der Waals surface area contributed by atoms with E-state index in [-0.39, 0.29) is 5.92 Å². The average Bonchev–Trinajstić information content (AvgIpc) is 2.64. The van der Waals surface area contributed by atoms with Crippen molar-refractivity contribution in [1.29, 1.82) is 0 Å². The van der Waals surface area contributed by atoms with Crippen LogP contribution in [0.4, 0.5) is 0 Å². The maximum atomic E-state index is 10.9. The number of carboxylic acid groups (broad SMARTS) is 1. The Morgan fingerprint density at radius 2 is 2.50 bits per heavy atom. The van der Waals surface area contributed by atoms with E-state index in [1.54, 1.807) is 11.3 Å². The van der Waals surface area contributed by atoms with Gasteiger partial charge in [-0.2, -0.15) is 0 Å². The van der Waals surface area contributed by atoms with Crippen LogP contribution < -0.4 is 0 Å². The molecule has 1 aromatic rings. The van der Waals surface area contributed by atoms with Crippen molar-refractivity contribution in [2.45, 2.75) is 19.4 Å². The molecule has 2 rings (SSSR count). The van der Waals surface area contributed by atoms with Crippen LogP contribution in [0.15, 0.2) is 15.9 Å². The molecular formula is C11H14BrNO2S. The molecule has 2 heterocycles. The molecule has 1 fully saturated rings. The van der Waals surface area contributed by atoms with E-state index >= 15 is 0 Å². The largest absolute Gasteiger partial charge is 0.481 e. The summed E-state index contributed by atoms with van der Waals surface area (Å²) in [7, 11) is 0. The Kier molecular flexibility index (Phi) is 4.00. The first-order chi connectivity index (χ1) is 7.65. The van der Waals surface area contributed by atoms with Crippen molar-refractivity contribution < 1.29 is 9.90 Å². The molecule has 0 aromatic carbocycles. The van der Waals surface area contributed by atoms with Crippen molar-refractivity contribution in [2.75, 3.05) is 13.1 Å². The van der Waals surface area contributed by atoms with Crippen LogP contribution in [-0.4, -0.2) is 29.1 Å². The van der Waals surface area contributed by atoms with E-state index in [0.29, 0.717) is 6.54 Å². The lowest BCUT2D eigenvalue weighted by Crippen LogP contribution is -2.37. The third-order valence-corrected chi connectivity index (χ3v) is 4.54. The molecule has 1 N–H and O–H groups in total. The summed E-state index contributed by atoms with van der Waals surface area (Å²) < 4.78 is 1.11. The lowest BCUT2D eigenvalue weighted by Gasteiger charge is -2.30. The van der Waals surface area contributed by atoms with E-state index in [0.717, 1.165) is 30.4 Å². The van der Waals surface area contributed by atoms with Gasteiger partial charge in [0.05, 0.1) is 5.92 Å². The molecule has 1 aromatic heterocycles. The van der Waals surface area contributed by atoms with Crippen LogP contribution in [-0.2, 0) is 11.3 Å². The van der Waals surface area contributed by atoms with Gasteiger partial charge in [-0.05, 0) is 41.4 Å². The average molecular weight is 304 g/mol. The Bertz CT molecular complexity index is 380. The van der Waals surface area contributed by atoms with Crippen LogP contribution in [0.1, 0.15) is 17.7 Å². The molecule has 1 aliphatic heterocycles. The minimum atomic E-state index is -0.655. The first kappa shape index (κ1) is 12.1. The molecule has 88 valence electrons. The Hall–Kier alpha value is -0.390. The molecule has 0 radical (unpaired) electrons. The molecule has 1 atom stereocenters. The number of aliphatic carboxylic acids is 1. The molecule has 16 heavy (non-hydrogen) atoms. The molecule has 1 saturated heterocycles. The lowest BCUT2D eigenvalue weighted by atomic mass is 9.98. The van der Waals surface area contributed by atoms with Gasteiger partial charge in [-0.3, -0.25) is 9.69 Å². The van der Waals surface area contributed by atoms with Crippen LogP contribution in [0.25, 0.3) is 0 Å². The summed E-state index contributed by atoms with van der Waals surface area (Å²) in [6, 6.07) is 2.11. The molecule has 0 bridgehead atoms. The van der Waals surface area contributed by atoms with Crippen LogP contribution in [0.5, 0.6) is 0 Å². The number of hydrogen-bond acceptors (Lipinski definition) is 3. The fourth-order valence-electron chi connectivity index (χ4n) is 2.06. The second kappa shape index (κ2) is 5.29. The number of halogens is 1. The number of nitrogens with zero attached hydrogens (tertiary/aromatic N) is 1. The van der Waals surface area contributed by atoms with Crippen molar-refractivity contribution >= 4 is 33.2 Å². The highest BCUT2D eigenvalue weighted by Gasteiger charge is 2.25. The molecule has 0 aliphatic carbocycles. The van der Waals surface area contributed by atoms with E-state index in [2.05, 4.69) is 32.3 Å².